The molecule has 0 aliphatic heterocycles. The Balaban J connectivity index is 3.63. The molecule has 1 rings (SSSR count). The van der Waals surface area contributed by atoms with Gasteiger partial charge in [-0.05, 0) is 12.1 Å². The highest BCUT2D eigenvalue weighted by atomic mass is 32.2. The molecule has 0 bridgehead atoms. The van der Waals surface area contributed by atoms with Crippen LogP contribution in [0.1, 0.15) is 10.4 Å². The first kappa shape index (κ1) is 12.4. The van der Waals surface area contributed by atoms with E-state index in [0.29, 0.717) is 0 Å². The van der Waals surface area contributed by atoms with Crippen LogP contribution in [-0.2, 0) is 9.84 Å². The molecule has 0 atom stereocenters. The highest BCUT2D eigenvalue weighted by Gasteiger charge is 2.24. The van der Waals surface area contributed by atoms with Gasteiger partial charge in [-0.2, -0.15) is 0 Å². The highest BCUT2D eigenvalue weighted by molar-refractivity contribution is 7.90. The minimum Gasteiger partial charge on any atom is -0.496 e. The number of sulfone groups is 1. The summed E-state index contributed by atoms with van der Waals surface area (Å²) in [7, 11) is -2.64. The van der Waals surface area contributed by atoms with Gasteiger partial charge in [0.05, 0.1) is 7.11 Å². The third-order valence-electron chi connectivity index (χ3n) is 1.90. The zero-order valence-corrected chi connectivity index (χ0v) is 9.34. The number of aromatic carboxylic acids is 1. The summed E-state index contributed by atoms with van der Waals surface area (Å²) in [6.07, 6.45) is 0.795. The largest absolute Gasteiger partial charge is 0.496 e. The maximum atomic E-state index is 13.6. The number of ether oxygens (including phenoxy) is 1. The van der Waals surface area contributed by atoms with E-state index in [4.69, 9.17) is 5.11 Å². The molecule has 0 heterocycles. The Bertz CT molecular complexity index is 535. The SMILES string of the molecule is COc1ccc(S(C)(=O)=O)c(F)c1C(=O)O. The Hall–Kier alpha value is -1.63. The van der Waals surface area contributed by atoms with Crippen molar-refractivity contribution in [1.82, 2.24) is 0 Å². The fraction of sp³-hybridized carbons (Fsp3) is 0.222. The van der Waals surface area contributed by atoms with E-state index < -0.39 is 32.1 Å². The molecule has 0 aromatic heterocycles. The van der Waals surface area contributed by atoms with E-state index in [0.717, 1.165) is 18.4 Å². The summed E-state index contributed by atoms with van der Waals surface area (Å²) in [4.78, 5) is 10.1. The number of hydrogen-bond acceptors (Lipinski definition) is 4. The van der Waals surface area contributed by atoms with E-state index in [1.165, 1.54) is 7.11 Å². The summed E-state index contributed by atoms with van der Waals surface area (Å²) in [6, 6.07) is 2.07. The van der Waals surface area contributed by atoms with Crippen molar-refractivity contribution in [2.24, 2.45) is 0 Å². The minimum absolute atomic E-state index is 0.225. The minimum atomic E-state index is -3.81. The number of carboxylic acids is 1. The number of halogens is 1. The lowest BCUT2D eigenvalue weighted by Gasteiger charge is -2.08. The van der Waals surface area contributed by atoms with E-state index in [2.05, 4.69) is 4.74 Å². The fourth-order valence-electron chi connectivity index (χ4n) is 1.19. The van der Waals surface area contributed by atoms with Gasteiger partial charge in [0.15, 0.2) is 15.7 Å². The summed E-state index contributed by atoms with van der Waals surface area (Å²) in [5.41, 5.74) is -0.787. The number of rotatable bonds is 3. The van der Waals surface area contributed by atoms with Gasteiger partial charge in [0.25, 0.3) is 0 Å². The molecule has 0 unspecified atom stereocenters. The molecule has 5 nitrogen and oxygen atoms in total. The Morgan fingerprint density at radius 3 is 2.38 bits per heavy atom. The molecular formula is C9H9FO5S. The number of hydrogen-bond donors (Lipinski definition) is 1. The van der Waals surface area contributed by atoms with Gasteiger partial charge in [-0.1, -0.05) is 0 Å². The molecule has 1 aromatic carbocycles. The molecular weight excluding hydrogens is 239 g/mol. The topological polar surface area (TPSA) is 80.7 Å². The monoisotopic (exact) mass is 248 g/mol. The first-order valence-electron chi connectivity index (χ1n) is 4.09. The van der Waals surface area contributed by atoms with Crippen LogP contribution in [-0.4, -0.2) is 32.9 Å². The van der Waals surface area contributed by atoms with E-state index in [1.807, 2.05) is 0 Å². The highest BCUT2D eigenvalue weighted by Crippen LogP contribution is 2.26. The van der Waals surface area contributed by atoms with Crippen LogP contribution in [0.2, 0.25) is 0 Å². The lowest BCUT2D eigenvalue weighted by molar-refractivity contribution is 0.0687. The third-order valence-corrected chi connectivity index (χ3v) is 3.02. The number of carboxylic acid groups (broad SMARTS) is 1. The molecule has 0 radical (unpaired) electrons. The van der Waals surface area contributed by atoms with Crippen molar-refractivity contribution in [2.75, 3.05) is 13.4 Å². The Morgan fingerprint density at radius 2 is 2.00 bits per heavy atom. The summed E-state index contributed by atoms with van der Waals surface area (Å²) in [6.45, 7) is 0. The van der Waals surface area contributed by atoms with E-state index in [-0.39, 0.29) is 5.75 Å². The molecule has 16 heavy (non-hydrogen) atoms. The summed E-state index contributed by atoms with van der Waals surface area (Å²) < 4.78 is 40.6. The van der Waals surface area contributed by atoms with Gasteiger partial charge < -0.3 is 9.84 Å². The van der Waals surface area contributed by atoms with E-state index in [9.17, 15) is 17.6 Å². The Labute approximate surface area is 91.4 Å². The molecule has 0 spiro atoms. The van der Waals surface area contributed by atoms with Crippen LogP contribution in [0.25, 0.3) is 0 Å². The van der Waals surface area contributed by atoms with Crippen LogP contribution in [0.4, 0.5) is 4.39 Å². The van der Waals surface area contributed by atoms with Crippen molar-refractivity contribution < 1.29 is 27.4 Å². The Morgan fingerprint density at radius 1 is 1.44 bits per heavy atom. The van der Waals surface area contributed by atoms with Gasteiger partial charge in [0.2, 0.25) is 0 Å². The van der Waals surface area contributed by atoms with Crippen molar-refractivity contribution in [1.29, 1.82) is 0 Å². The van der Waals surface area contributed by atoms with Crippen LogP contribution >= 0.6 is 0 Å². The fourth-order valence-corrected chi connectivity index (χ4v) is 1.94. The predicted molar refractivity (Wildman–Crippen MR) is 53.0 cm³/mol. The van der Waals surface area contributed by atoms with Crippen molar-refractivity contribution >= 4 is 15.8 Å². The number of benzene rings is 1. The van der Waals surface area contributed by atoms with Gasteiger partial charge >= 0.3 is 5.97 Å². The molecule has 1 aromatic rings. The first-order valence-corrected chi connectivity index (χ1v) is 5.98. The maximum absolute atomic E-state index is 13.6. The van der Waals surface area contributed by atoms with Gasteiger partial charge in [-0.3, -0.25) is 0 Å². The smallest absolute Gasteiger partial charge is 0.342 e. The average molecular weight is 248 g/mol. The van der Waals surface area contributed by atoms with Gasteiger partial charge in [0.1, 0.15) is 16.2 Å². The first-order chi connectivity index (χ1) is 7.29. The van der Waals surface area contributed by atoms with Crippen LogP contribution < -0.4 is 4.74 Å². The lowest BCUT2D eigenvalue weighted by Crippen LogP contribution is -2.09. The summed E-state index contributed by atoms with van der Waals surface area (Å²) >= 11 is 0. The average Bonchev–Trinajstić information content (AvgIpc) is 2.14. The number of carbonyl (C=O) groups is 1. The quantitative estimate of drug-likeness (QED) is 0.860. The molecule has 0 aliphatic carbocycles. The summed E-state index contributed by atoms with van der Waals surface area (Å²) in [5.74, 6) is -3.12. The van der Waals surface area contributed by atoms with Crippen LogP contribution in [0, 0.1) is 5.82 Å². The predicted octanol–water partition coefficient (Wildman–Crippen LogP) is 0.936. The molecule has 0 saturated carbocycles. The second-order valence-electron chi connectivity index (χ2n) is 3.03. The van der Waals surface area contributed by atoms with Crippen molar-refractivity contribution in [3.05, 3.63) is 23.5 Å². The second-order valence-corrected chi connectivity index (χ2v) is 5.02. The van der Waals surface area contributed by atoms with Crippen LogP contribution in [0.15, 0.2) is 17.0 Å². The standard InChI is InChI=1S/C9H9FO5S/c1-15-5-3-4-6(16(2,13)14)8(10)7(5)9(11)12/h3-4H,1-2H3,(H,11,12). The zero-order valence-electron chi connectivity index (χ0n) is 8.52. The normalized spacial score (nSPS) is 11.2. The lowest BCUT2D eigenvalue weighted by atomic mass is 10.2. The van der Waals surface area contributed by atoms with Crippen molar-refractivity contribution in [3.63, 3.8) is 0 Å². The molecule has 1 N–H and O–H groups in total. The van der Waals surface area contributed by atoms with Crippen molar-refractivity contribution in [3.8, 4) is 5.75 Å². The summed E-state index contributed by atoms with van der Waals surface area (Å²) in [5, 5.41) is 8.75. The van der Waals surface area contributed by atoms with Crippen LogP contribution in [0.3, 0.4) is 0 Å². The molecule has 88 valence electrons. The van der Waals surface area contributed by atoms with E-state index >= 15 is 0 Å². The van der Waals surface area contributed by atoms with Gasteiger partial charge in [0, 0.05) is 6.26 Å². The van der Waals surface area contributed by atoms with Crippen molar-refractivity contribution in [2.45, 2.75) is 4.90 Å². The molecule has 0 aliphatic rings. The van der Waals surface area contributed by atoms with Crippen LogP contribution in [0.5, 0.6) is 5.75 Å². The molecule has 0 fully saturated rings. The van der Waals surface area contributed by atoms with Gasteiger partial charge in [-0.15, -0.1) is 0 Å². The maximum Gasteiger partial charge on any atom is 0.342 e. The van der Waals surface area contributed by atoms with Gasteiger partial charge in [-0.25, -0.2) is 17.6 Å². The Kier molecular flexibility index (Phi) is 3.18. The molecule has 0 saturated heterocycles. The zero-order chi connectivity index (χ0) is 12.5. The molecule has 0 amide bonds. The second kappa shape index (κ2) is 4.09. The number of methoxy groups -OCH3 is 1. The third kappa shape index (κ3) is 2.13. The van der Waals surface area contributed by atoms with E-state index in [1.54, 1.807) is 0 Å². The molecule has 7 heteroatoms.